The molecule has 0 saturated heterocycles. The second-order valence-corrected chi connectivity index (χ2v) is 5.14. The van der Waals surface area contributed by atoms with Crippen LogP contribution in [0, 0.1) is 12.8 Å². The van der Waals surface area contributed by atoms with Crippen LogP contribution in [0.15, 0.2) is 6.07 Å². The van der Waals surface area contributed by atoms with E-state index in [0.29, 0.717) is 24.3 Å². The SMILES string of the molecule is Cc1cc(C(C)C)nc(NC(CN)C(C)C)n1. The molecule has 96 valence electrons. The van der Waals surface area contributed by atoms with E-state index in [1.54, 1.807) is 0 Å². The molecule has 0 aliphatic carbocycles. The molecule has 0 radical (unpaired) electrons. The van der Waals surface area contributed by atoms with Crippen LogP contribution in [0.1, 0.15) is 45.0 Å². The maximum Gasteiger partial charge on any atom is 0.223 e. The minimum Gasteiger partial charge on any atom is -0.350 e. The molecule has 4 heteroatoms. The zero-order valence-electron chi connectivity index (χ0n) is 11.5. The second-order valence-electron chi connectivity index (χ2n) is 5.14. The number of aromatic nitrogens is 2. The maximum atomic E-state index is 5.74. The van der Waals surface area contributed by atoms with Gasteiger partial charge >= 0.3 is 0 Å². The molecule has 0 spiro atoms. The third-order valence-corrected chi connectivity index (χ3v) is 2.84. The number of rotatable bonds is 5. The molecule has 1 atom stereocenters. The Labute approximate surface area is 104 Å². The number of aryl methyl sites for hydroxylation is 1. The monoisotopic (exact) mass is 236 g/mol. The van der Waals surface area contributed by atoms with E-state index in [1.165, 1.54) is 0 Å². The predicted molar refractivity (Wildman–Crippen MR) is 72.2 cm³/mol. The number of nitrogens with one attached hydrogen (secondary N) is 1. The molecule has 0 amide bonds. The lowest BCUT2D eigenvalue weighted by Crippen LogP contribution is -2.34. The number of nitrogens with two attached hydrogens (primary N) is 1. The van der Waals surface area contributed by atoms with Crippen LogP contribution in [-0.4, -0.2) is 22.6 Å². The highest BCUT2D eigenvalue weighted by Crippen LogP contribution is 2.15. The van der Waals surface area contributed by atoms with Crippen molar-refractivity contribution < 1.29 is 0 Å². The van der Waals surface area contributed by atoms with Crippen LogP contribution >= 0.6 is 0 Å². The van der Waals surface area contributed by atoms with Crippen LogP contribution in [0.25, 0.3) is 0 Å². The molecular formula is C13H24N4. The van der Waals surface area contributed by atoms with Gasteiger partial charge in [0.15, 0.2) is 0 Å². The van der Waals surface area contributed by atoms with Crippen molar-refractivity contribution in [3.8, 4) is 0 Å². The normalized spacial score (nSPS) is 13.2. The Morgan fingerprint density at radius 2 is 1.88 bits per heavy atom. The Balaban J connectivity index is 2.90. The van der Waals surface area contributed by atoms with Crippen molar-refractivity contribution >= 4 is 5.95 Å². The van der Waals surface area contributed by atoms with Crippen LogP contribution in [0.2, 0.25) is 0 Å². The van der Waals surface area contributed by atoms with E-state index in [-0.39, 0.29) is 6.04 Å². The largest absolute Gasteiger partial charge is 0.350 e. The molecule has 1 aromatic heterocycles. The molecule has 1 aromatic rings. The number of nitrogens with zero attached hydrogens (tertiary/aromatic N) is 2. The van der Waals surface area contributed by atoms with Gasteiger partial charge in [-0.05, 0) is 24.8 Å². The van der Waals surface area contributed by atoms with Crippen molar-refractivity contribution in [2.24, 2.45) is 11.7 Å². The Morgan fingerprint density at radius 3 is 2.35 bits per heavy atom. The Kier molecular flexibility index (Phi) is 4.87. The van der Waals surface area contributed by atoms with Crippen LogP contribution in [0.3, 0.4) is 0 Å². The summed E-state index contributed by atoms with van der Waals surface area (Å²) in [5, 5.41) is 3.32. The zero-order chi connectivity index (χ0) is 13.0. The fraction of sp³-hybridized carbons (Fsp3) is 0.692. The Morgan fingerprint density at radius 1 is 1.24 bits per heavy atom. The number of hydrogen-bond acceptors (Lipinski definition) is 4. The van der Waals surface area contributed by atoms with E-state index in [2.05, 4.69) is 43.0 Å². The summed E-state index contributed by atoms with van der Waals surface area (Å²) in [4.78, 5) is 8.93. The third kappa shape index (κ3) is 3.97. The lowest BCUT2D eigenvalue weighted by Gasteiger charge is -2.21. The van der Waals surface area contributed by atoms with Gasteiger partial charge in [-0.15, -0.1) is 0 Å². The summed E-state index contributed by atoms with van der Waals surface area (Å²) in [5.41, 5.74) is 7.80. The number of anilines is 1. The zero-order valence-corrected chi connectivity index (χ0v) is 11.5. The highest BCUT2D eigenvalue weighted by atomic mass is 15.1. The summed E-state index contributed by atoms with van der Waals surface area (Å²) in [6.45, 7) is 11.1. The first-order valence-electron chi connectivity index (χ1n) is 6.26. The molecule has 1 heterocycles. The summed E-state index contributed by atoms with van der Waals surface area (Å²) in [7, 11) is 0. The molecule has 0 saturated carbocycles. The Bertz CT molecular complexity index is 360. The first-order valence-corrected chi connectivity index (χ1v) is 6.26. The third-order valence-electron chi connectivity index (χ3n) is 2.84. The smallest absolute Gasteiger partial charge is 0.223 e. The van der Waals surface area contributed by atoms with Gasteiger partial charge < -0.3 is 11.1 Å². The summed E-state index contributed by atoms with van der Waals surface area (Å²) in [5.74, 6) is 1.57. The molecule has 0 aliphatic rings. The lowest BCUT2D eigenvalue weighted by molar-refractivity contribution is 0.527. The van der Waals surface area contributed by atoms with Crippen LogP contribution in [0.4, 0.5) is 5.95 Å². The van der Waals surface area contributed by atoms with Gasteiger partial charge in [0, 0.05) is 24.0 Å². The van der Waals surface area contributed by atoms with Crippen LogP contribution in [0.5, 0.6) is 0 Å². The van der Waals surface area contributed by atoms with Gasteiger partial charge in [-0.2, -0.15) is 0 Å². The van der Waals surface area contributed by atoms with Crippen molar-refractivity contribution in [2.45, 2.75) is 46.6 Å². The Hall–Kier alpha value is -1.16. The van der Waals surface area contributed by atoms with Gasteiger partial charge in [0.05, 0.1) is 0 Å². The standard InChI is InChI=1S/C13H24N4/c1-8(2)11-6-10(5)15-13(16-11)17-12(7-14)9(3)4/h6,8-9,12H,7,14H2,1-5H3,(H,15,16,17). The lowest BCUT2D eigenvalue weighted by atomic mass is 10.1. The van der Waals surface area contributed by atoms with Crippen molar-refractivity contribution in [3.63, 3.8) is 0 Å². The fourth-order valence-electron chi connectivity index (χ4n) is 1.62. The molecule has 17 heavy (non-hydrogen) atoms. The molecule has 1 unspecified atom stereocenters. The second kappa shape index (κ2) is 5.96. The van der Waals surface area contributed by atoms with Gasteiger partial charge in [0.1, 0.15) is 0 Å². The summed E-state index contributed by atoms with van der Waals surface area (Å²) in [6.07, 6.45) is 0. The average Bonchev–Trinajstić information content (AvgIpc) is 2.24. The molecule has 3 N–H and O–H groups in total. The summed E-state index contributed by atoms with van der Waals surface area (Å²) >= 11 is 0. The van der Waals surface area contributed by atoms with Gasteiger partial charge in [-0.25, -0.2) is 9.97 Å². The molecule has 0 aliphatic heterocycles. The van der Waals surface area contributed by atoms with Gasteiger partial charge in [-0.3, -0.25) is 0 Å². The van der Waals surface area contributed by atoms with E-state index < -0.39 is 0 Å². The van der Waals surface area contributed by atoms with E-state index >= 15 is 0 Å². The van der Waals surface area contributed by atoms with Crippen molar-refractivity contribution in [1.82, 2.24) is 9.97 Å². The predicted octanol–water partition coefficient (Wildman–Crippen LogP) is 2.30. The quantitative estimate of drug-likeness (QED) is 0.823. The summed E-state index contributed by atoms with van der Waals surface area (Å²) < 4.78 is 0. The van der Waals surface area contributed by atoms with Gasteiger partial charge in [0.25, 0.3) is 0 Å². The first kappa shape index (κ1) is 13.9. The van der Waals surface area contributed by atoms with Crippen LogP contribution in [-0.2, 0) is 0 Å². The topological polar surface area (TPSA) is 63.8 Å². The minimum atomic E-state index is 0.219. The van der Waals surface area contributed by atoms with Gasteiger partial charge in [0.2, 0.25) is 5.95 Å². The van der Waals surface area contributed by atoms with Crippen LogP contribution < -0.4 is 11.1 Å². The highest BCUT2D eigenvalue weighted by Gasteiger charge is 2.13. The molecule has 0 fully saturated rings. The maximum absolute atomic E-state index is 5.74. The number of hydrogen-bond donors (Lipinski definition) is 2. The molecule has 0 aromatic carbocycles. The van der Waals surface area contributed by atoms with Gasteiger partial charge in [-0.1, -0.05) is 27.7 Å². The van der Waals surface area contributed by atoms with Crippen molar-refractivity contribution in [3.05, 3.63) is 17.5 Å². The first-order chi connectivity index (χ1) is 7.93. The molecule has 0 bridgehead atoms. The molecule has 4 nitrogen and oxygen atoms in total. The highest BCUT2D eigenvalue weighted by molar-refractivity contribution is 5.30. The van der Waals surface area contributed by atoms with E-state index in [1.807, 2.05) is 13.0 Å². The van der Waals surface area contributed by atoms with E-state index in [4.69, 9.17) is 5.73 Å². The molecular weight excluding hydrogens is 212 g/mol. The van der Waals surface area contributed by atoms with Crippen molar-refractivity contribution in [2.75, 3.05) is 11.9 Å². The van der Waals surface area contributed by atoms with E-state index in [9.17, 15) is 0 Å². The van der Waals surface area contributed by atoms with E-state index in [0.717, 1.165) is 11.4 Å². The fourth-order valence-corrected chi connectivity index (χ4v) is 1.62. The van der Waals surface area contributed by atoms with Crippen molar-refractivity contribution in [1.29, 1.82) is 0 Å². The molecule has 1 rings (SSSR count). The average molecular weight is 236 g/mol. The minimum absolute atomic E-state index is 0.219. The summed E-state index contributed by atoms with van der Waals surface area (Å²) in [6, 6.07) is 2.25.